The van der Waals surface area contributed by atoms with Crippen LogP contribution in [0.4, 0.5) is 0 Å². The van der Waals surface area contributed by atoms with E-state index in [4.69, 9.17) is 28.9 Å². The number of hydrogen-bond acceptors (Lipinski definition) is 3. The van der Waals surface area contributed by atoms with E-state index in [1.54, 1.807) is 6.07 Å². The predicted molar refractivity (Wildman–Crippen MR) is 71.4 cm³/mol. The molecule has 1 aromatic carbocycles. The monoisotopic (exact) mass is 295 g/mol. The minimum Gasteiger partial charge on any atom is -0.328 e. The molecule has 0 saturated carbocycles. The lowest BCUT2D eigenvalue weighted by Gasteiger charge is -2.09. The van der Waals surface area contributed by atoms with Gasteiger partial charge in [0.25, 0.3) is 0 Å². The van der Waals surface area contributed by atoms with Crippen LogP contribution in [0.2, 0.25) is 10.0 Å². The van der Waals surface area contributed by atoms with Gasteiger partial charge in [0, 0.05) is 6.04 Å². The third-order valence-electron chi connectivity index (χ3n) is 2.30. The molecular weight excluding hydrogens is 281 g/mol. The van der Waals surface area contributed by atoms with Crippen LogP contribution in [0, 0.1) is 0 Å². The Morgan fingerprint density at radius 2 is 1.82 bits per heavy atom. The highest BCUT2D eigenvalue weighted by molar-refractivity contribution is 7.91. The Kier molecular flexibility index (Phi) is 5.25. The molecule has 0 saturated heterocycles. The quantitative estimate of drug-likeness (QED) is 0.908. The van der Waals surface area contributed by atoms with E-state index in [0.29, 0.717) is 12.8 Å². The molecule has 1 rings (SSSR count). The topological polar surface area (TPSA) is 60.2 Å². The average molecular weight is 296 g/mol. The van der Waals surface area contributed by atoms with Gasteiger partial charge in [-0.05, 0) is 31.9 Å². The fourth-order valence-corrected chi connectivity index (χ4v) is 4.06. The maximum atomic E-state index is 12.0. The number of benzene rings is 1. The largest absolute Gasteiger partial charge is 0.328 e. The van der Waals surface area contributed by atoms with Gasteiger partial charge in [0.2, 0.25) is 0 Å². The van der Waals surface area contributed by atoms with Crippen LogP contribution < -0.4 is 5.73 Å². The number of sulfone groups is 1. The van der Waals surface area contributed by atoms with Gasteiger partial charge in [0.15, 0.2) is 9.84 Å². The van der Waals surface area contributed by atoms with Crippen LogP contribution in [0.15, 0.2) is 23.1 Å². The zero-order valence-electron chi connectivity index (χ0n) is 9.49. The van der Waals surface area contributed by atoms with Crippen molar-refractivity contribution in [2.75, 3.05) is 5.75 Å². The SMILES string of the molecule is CC(N)CCCS(=O)(=O)c1c(Cl)cccc1Cl. The van der Waals surface area contributed by atoms with Crippen molar-refractivity contribution in [1.82, 2.24) is 0 Å². The zero-order chi connectivity index (χ0) is 13.1. The normalized spacial score (nSPS) is 13.6. The van der Waals surface area contributed by atoms with Crippen molar-refractivity contribution in [2.45, 2.75) is 30.7 Å². The van der Waals surface area contributed by atoms with Crippen molar-refractivity contribution in [3.63, 3.8) is 0 Å². The molecule has 0 bridgehead atoms. The van der Waals surface area contributed by atoms with Gasteiger partial charge in [-0.1, -0.05) is 29.3 Å². The van der Waals surface area contributed by atoms with E-state index in [1.165, 1.54) is 12.1 Å². The van der Waals surface area contributed by atoms with Crippen molar-refractivity contribution in [2.24, 2.45) is 5.73 Å². The Morgan fingerprint density at radius 3 is 2.29 bits per heavy atom. The third-order valence-corrected chi connectivity index (χ3v) is 5.04. The number of hydrogen-bond donors (Lipinski definition) is 1. The first-order chi connectivity index (χ1) is 7.84. The first-order valence-corrected chi connectivity index (χ1v) is 7.68. The Morgan fingerprint density at radius 1 is 1.29 bits per heavy atom. The fourth-order valence-electron chi connectivity index (χ4n) is 1.48. The van der Waals surface area contributed by atoms with Gasteiger partial charge in [-0.15, -0.1) is 0 Å². The lowest BCUT2D eigenvalue weighted by atomic mass is 10.2. The molecule has 2 N–H and O–H groups in total. The lowest BCUT2D eigenvalue weighted by molar-refractivity contribution is 0.585. The third kappa shape index (κ3) is 4.14. The fraction of sp³-hybridized carbons (Fsp3) is 0.455. The van der Waals surface area contributed by atoms with Crippen LogP contribution in [0.1, 0.15) is 19.8 Å². The second-order valence-corrected chi connectivity index (χ2v) is 6.85. The highest BCUT2D eigenvalue weighted by atomic mass is 35.5. The number of rotatable bonds is 5. The minimum absolute atomic E-state index is 0.00748. The molecule has 0 radical (unpaired) electrons. The zero-order valence-corrected chi connectivity index (χ0v) is 11.8. The van der Waals surface area contributed by atoms with E-state index in [-0.39, 0.29) is 26.7 Å². The van der Waals surface area contributed by atoms with Crippen LogP contribution in [0.3, 0.4) is 0 Å². The summed E-state index contributed by atoms with van der Waals surface area (Å²) in [4.78, 5) is 0.0213. The summed E-state index contributed by atoms with van der Waals surface area (Å²) >= 11 is 11.7. The summed E-state index contributed by atoms with van der Waals surface area (Å²) in [5, 5.41) is 0.330. The van der Waals surface area contributed by atoms with Gasteiger partial charge in [-0.2, -0.15) is 0 Å². The molecule has 0 amide bonds. The van der Waals surface area contributed by atoms with Gasteiger partial charge in [0.1, 0.15) is 4.90 Å². The molecule has 0 aliphatic rings. The summed E-state index contributed by atoms with van der Waals surface area (Å²) in [5.74, 6) is 0.0119. The van der Waals surface area contributed by atoms with Gasteiger partial charge >= 0.3 is 0 Å². The van der Waals surface area contributed by atoms with Crippen molar-refractivity contribution >= 4 is 33.0 Å². The molecular formula is C11H15Cl2NO2S. The van der Waals surface area contributed by atoms with Crippen molar-refractivity contribution in [3.05, 3.63) is 28.2 Å². The average Bonchev–Trinajstić information content (AvgIpc) is 2.15. The summed E-state index contributed by atoms with van der Waals surface area (Å²) in [6.45, 7) is 1.84. The maximum absolute atomic E-state index is 12.0. The van der Waals surface area contributed by atoms with Gasteiger partial charge in [-0.3, -0.25) is 0 Å². The highest BCUT2D eigenvalue weighted by Crippen LogP contribution is 2.30. The van der Waals surface area contributed by atoms with E-state index in [1.807, 2.05) is 6.92 Å². The van der Waals surface area contributed by atoms with E-state index in [9.17, 15) is 8.42 Å². The Hall–Kier alpha value is -0.290. The van der Waals surface area contributed by atoms with Gasteiger partial charge < -0.3 is 5.73 Å². The number of nitrogens with two attached hydrogens (primary N) is 1. The Labute approximate surface area is 112 Å². The summed E-state index contributed by atoms with van der Waals surface area (Å²) in [5.41, 5.74) is 5.57. The molecule has 0 fully saturated rings. The van der Waals surface area contributed by atoms with Crippen LogP contribution >= 0.6 is 23.2 Å². The molecule has 0 aliphatic heterocycles. The maximum Gasteiger partial charge on any atom is 0.181 e. The van der Waals surface area contributed by atoms with Crippen molar-refractivity contribution < 1.29 is 8.42 Å². The smallest absolute Gasteiger partial charge is 0.181 e. The van der Waals surface area contributed by atoms with Crippen LogP contribution in [-0.4, -0.2) is 20.2 Å². The molecule has 1 aromatic rings. The summed E-state index contributed by atoms with van der Waals surface area (Å²) in [7, 11) is -3.44. The van der Waals surface area contributed by atoms with Gasteiger partial charge in [-0.25, -0.2) is 8.42 Å². The summed E-state index contributed by atoms with van der Waals surface area (Å²) < 4.78 is 24.1. The molecule has 0 aromatic heterocycles. The van der Waals surface area contributed by atoms with Crippen LogP contribution in [0.5, 0.6) is 0 Å². The molecule has 0 aliphatic carbocycles. The lowest BCUT2D eigenvalue weighted by Crippen LogP contribution is -2.17. The van der Waals surface area contributed by atoms with Gasteiger partial charge in [0.05, 0.1) is 15.8 Å². The minimum atomic E-state index is -3.44. The summed E-state index contributed by atoms with van der Waals surface area (Å²) in [6, 6.07) is 4.65. The molecule has 1 unspecified atom stereocenters. The molecule has 6 heteroatoms. The molecule has 0 heterocycles. The molecule has 1 atom stereocenters. The molecule has 0 spiro atoms. The van der Waals surface area contributed by atoms with Crippen molar-refractivity contribution in [1.29, 1.82) is 0 Å². The van der Waals surface area contributed by atoms with E-state index in [0.717, 1.165) is 0 Å². The Balaban J connectivity index is 2.90. The first kappa shape index (κ1) is 14.8. The second-order valence-electron chi connectivity index (χ2n) is 3.99. The predicted octanol–water partition coefficient (Wildman–Crippen LogP) is 2.89. The first-order valence-electron chi connectivity index (χ1n) is 5.27. The second kappa shape index (κ2) is 6.05. The van der Waals surface area contributed by atoms with E-state index < -0.39 is 9.84 Å². The van der Waals surface area contributed by atoms with Crippen LogP contribution in [-0.2, 0) is 9.84 Å². The molecule has 17 heavy (non-hydrogen) atoms. The van der Waals surface area contributed by atoms with E-state index >= 15 is 0 Å². The summed E-state index contributed by atoms with van der Waals surface area (Å²) in [6.07, 6.45) is 1.16. The van der Waals surface area contributed by atoms with Crippen LogP contribution in [0.25, 0.3) is 0 Å². The molecule has 3 nitrogen and oxygen atoms in total. The van der Waals surface area contributed by atoms with Crippen molar-refractivity contribution in [3.8, 4) is 0 Å². The Bertz CT molecular complexity index is 466. The van der Waals surface area contributed by atoms with E-state index in [2.05, 4.69) is 0 Å². The standard InChI is InChI=1S/C11H15Cl2NO2S/c1-8(14)4-3-7-17(15,16)11-9(12)5-2-6-10(11)13/h2,5-6,8H,3-4,7,14H2,1H3. The highest BCUT2D eigenvalue weighted by Gasteiger charge is 2.21. The molecule has 96 valence electrons. The number of halogens is 2.